The van der Waals surface area contributed by atoms with Crippen LogP contribution in [0.15, 0.2) is 24.3 Å². The Kier molecular flexibility index (Phi) is 4.26. The molecule has 0 aliphatic heterocycles. The third-order valence-corrected chi connectivity index (χ3v) is 4.76. The van der Waals surface area contributed by atoms with Crippen LogP contribution in [0, 0.1) is 5.92 Å². The fraction of sp³-hybridized carbons (Fsp3) is 0.500. The van der Waals surface area contributed by atoms with Crippen molar-refractivity contribution in [3.05, 3.63) is 24.3 Å². The third-order valence-electron chi connectivity index (χ3n) is 2.02. The van der Waals surface area contributed by atoms with E-state index in [1.807, 2.05) is 37.5 Å². The molecule has 2 atom stereocenters. The summed E-state index contributed by atoms with van der Waals surface area (Å²) in [6.07, 6.45) is 9.60. The van der Waals surface area contributed by atoms with Gasteiger partial charge in [-0.05, 0) is 13.2 Å². The number of alkyl halides is 1. The van der Waals surface area contributed by atoms with Gasteiger partial charge in [0.05, 0.1) is 6.61 Å². The van der Waals surface area contributed by atoms with E-state index in [-0.39, 0.29) is 15.5 Å². The largest absolute Gasteiger partial charge is 0.465 e. The van der Waals surface area contributed by atoms with Crippen molar-refractivity contribution in [1.29, 1.82) is 0 Å². The van der Waals surface area contributed by atoms with E-state index in [4.69, 9.17) is 4.74 Å². The number of rotatable bonds is 3. The molecule has 14 heavy (non-hydrogen) atoms. The summed E-state index contributed by atoms with van der Waals surface area (Å²) in [5.41, 5.74) is 0. The summed E-state index contributed by atoms with van der Waals surface area (Å²) in [5.74, 6) is -0.429. The smallest absolute Gasteiger partial charge is 0.315 e. The number of hydrogen-bond acceptors (Lipinski definition) is 3. The van der Waals surface area contributed by atoms with Gasteiger partial charge in [0.25, 0.3) is 0 Å². The van der Waals surface area contributed by atoms with E-state index in [1.165, 1.54) is 0 Å². The Bertz CT molecular complexity index is 275. The number of ether oxygens (including phenoxy) is 1. The summed E-state index contributed by atoms with van der Waals surface area (Å²) in [6.45, 7) is 2.24. The first kappa shape index (κ1) is 11.9. The second-order valence-corrected chi connectivity index (χ2v) is 5.80. The second-order valence-electron chi connectivity index (χ2n) is 2.88. The van der Waals surface area contributed by atoms with E-state index >= 15 is 0 Å². The molecular weight excluding hydrogens is 264 g/mol. The van der Waals surface area contributed by atoms with Crippen LogP contribution < -0.4 is 0 Å². The van der Waals surface area contributed by atoms with Gasteiger partial charge in [-0.3, -0.25) is 4.79 Å². The highest BCUT2D eigenvalue weighted by Crippen LogP contribution is 2.42. The van der Waals surface area contributed by atoms with Crippen LogP contribution in [0.3, 0.4) is 0 Å². The van der Waals surface area contributed by atoms with Crippen molar-refractivity contribution in [3.8, 4) is 0 Å². The molecule has 0 N–H and O–H groups in total. The van der Waals surface area contributed by atoms with E-state index < -0.39 is 0 Å². The zero-order chi connectivity index (χ0) is 10.6. The van der Waals surface area contributed by atoms with Crippen molar-refractivity contribution in [2.45, 2.75) is 10.6 Å². The highest BCUT2D eigenvalue weighted by molar-refractivity contribution is 9.12. The fourth-order valence-corrected chi connectivity index (χ4v) is 2.40. The fourth-order valence-electron chi connectivity index (χ4n) is 1.26. The Balaban J connectivity index is 2.80. The minimum atomic E-state index is -0.353. The van der Waals surface area contributed by atoms with Gasteiger partial charge in [0, 0.05) is 0 Å². The van der Waals surface area contributed by atoms with Crippen LogP contribution in [0.1, 0.15) is 6.92 Å². The second kappa shape index (κ2) is 5.03. The predicted molar refractivity (Wildman–Crippen MR) is 63.6 cm³/mol. The molecule has 0 radical (unpaired) electrons. The van der Waals surface area contributed by atoms with Gasteiger partial charge in [-0.15, -0.1) is 11.8 Å². The zero-order valence-electron chi connectivity index (χ0n) is 8.20. The van der Waals surface area contributed by atoms with Gasteiger partial charge in [-0.25, -0.2) is 0 Å². The lowest BCUT2D eigenvalue weighted by Gasteiger charge is -2.29. The van der Waals surface area contributed by atoms with E-state index in [9.17, 15) is 4.79 Å². The van der Waals surface area contributed by atoms with Gasteiger partial charge >= 0.3 is 5.97 Å². The predicted octanol–water partition coefficient (Wildman–Crippen LogP) is 2.75. The van der Waals surface area contributed by atoms with Gasteiger partial charge < -0.3 is 4.74 Å². The molecule has 2 unspecified atom stereocenters. The Morgan fingerprint density at radius 3 is 2.93 bits per heavy atom. The topological polar surface area (TPSA) is 26.3 Å². The van der Waals surface area contributed by atoms with Gasteiger partial charge in [0.2, 0.25) is 0 Å². The molecule has 0 aromatic heterocycles. The summed E-state index contributed by atoms with van der Waals surface area (Å²) < 4.78 is 4.66. The minimum absolute atomic E-state index is 0.181. The highest BCUT2D eigenvalue weighted by Gasteiger charge is 2.38. The van der Waals surface area contributed by atoms with Crippen molar-refractivity contribution in [3.63, 3.8) is 0 Å². The molecular formula is C10H13BrO2S. The molecule has 0 saturated carbocycles. The maximum absolute atomic E-state index is 11.6. The minimum Gasteiger partial charge on any atom is -0.465 e. The Morgan fingerprint density at radius 1 is 1.64 bits per heavy atom. The lowest BCUT2D eigenvalue weighted by molar-refractivity contribution is -0.146. The van der Waals surface area contributed by atoms with Gasteiger partial charge in [-0.2, -0.15) is 0 Å². The van der Waals surface area contributed by atoms with Crippen LogP contribution in [-0.4, -0.2) is 22.5 Å². The van der Waals surface area contributed by atoms with Crippen molar-refractivity contribution >= 4 is 33.7 Å². The number of halogens is 1. The average molecular weight is 277 g/mol. The number of thioether (sulfide) groups is 1. The summed E-state index contributed by atoms with van der Waals surface area (Å²) in [4.78, 5) is 11.6. The van der Waals surface area contributed by atoms with Crippen LogP contribution in [0.25, 0.3) is 0 Å². The Morgan fingerprint density at radius 2 is 2.36 bits per heavy atom. The summed E-state index contributed by atoms with van der Waals surface area (Å²) in [5, 5.41) is 0. The molecule has 1 aliphatic rings. The SMILES string of the molecule is CCOC(=O)C1C=CC=CC1(Br)SC. The normalized spacial score (nSPS) is 30.4. The standard InChI is InChI=1S/C10H13BrO2S/c1-3-13-9(12)8-6-4-5-7-10(8,11)14-2/h4-8H,3H2,1-2H3. The van der Waals surface area contributed by atoms with Gasteiger partial charge in [-0.1, -0.05) is 40.2 Å². The molecule has 1 rings (SSSR count). The van der Waals surface area contributed by atoms with E-state index in [2.05, 4.69) is 15.9 Å². The molecule has 0 saturated heterocycles. The third kappa shape index (κ3) is 2.42. The first-order valence-electron chi connectivity index (χ1n) is 4.40. The maximum Gasteiger partial charge on any atom is 0.315 e. The van der Waals surface area contributed by atoms with Crippen molar-refractivity contribution in [2.75, 3.05) is 12.9 Å². The van der Waals surface area contributed by atoms with Crippen LogP contribution in [0.4, 0.5) is 0 Å². The van der Waals surface area contributed by atoms with Gasteiger partial charge in [0.15, 0.2) is 0 Å². The molecule has 0 bridgehead atoms. The Labute approximate surface area is 96.9 Å². The highest BCUT2D eigenvalue weighted by atomic mass is 79.9. The summed E-state index contributed by atoms with van der Waals surface area (Å²) in [7, 11) is 0. The van der Waals surface area contributed by atoms with Gasteiger partial charge in [0.1, 0.15) is 9.57 Å². The molecule has 0 aromatic rings. The molecule has 0 fully saturated rings. The van der Waals surface area contributed by atoms with Crippen LogP contribution in [0.5, 0.6) is 0 Å². The number of carbonyl (C=O) groups excluding carboxylic acids is 1. The van der Waals surface area contributed by atoms with E-state index in [1.54, 1.807) is 11.8 Å². The van der Waals surface area contributed by atoms with Crippen LogP contribution >= 0.6 is 27.7 Å². The maximum atomic E-state index is 11.6. The molecule has 0 heterocycles. The quantitative estimate of drug-likeness (QED) is 0.586. The van der Waals surface area contributed by atoms with Crippen molar-refractivity contribution < 1.29 is 9.53 Å². The van der Waals surface area contributed by atoms with Crippen LogP contribution in [0.2, 0.25) is 0 Å². The molecule has 0 spiro atoms. The molecule has 78 valence electrons. The molecule has 0 amide bonds. The summed E-state index contributed by atoms with van der Waals surface area (Å²) in [6, 6.07) is 0. The molecule has 0 aromatic carbocycles. The lowest BCUT2D eigenvalue weighted by atomic mass is 10.0. The number of allylic oxidation sites excluding steroid dienone is 2. The molecule has 2 nitrogen and oxygen atoms in total. The number of hydrogen-bond donors (Lipinski definition) is 0. The van der Waals surface area contributed by atoms with Crippen molar-refractivity contribution in [1.82, 2.24) is 0 Å². The molecule has 1 aliphatic carbocycles. The first-order chi connectivity index (χ1) is 6.64. The lowest BCUT2D eigenvalue weighted by Crippen LogP contribution is -2.33. The van der Waals surface area contributed by atoms with Crippen LogP contribution in [-0.2, 0) is 9.53 Å². The number of carbonyl (C=O) groups is 1. The van der Waals surface area contributed by atoms with Crippen molar-refractivity contribution in [2.24, 2.45) is 5.92 Å². The summed E-state index contributed by atoms with van der Waals surface area (Å²) >= 11 is 5.14. The van der Waals surface area contributed by atoms with E-state index in [0.29, 0.717) is 6.61 Å². The monoisotopic (exact) mass is 276 g/mol. The first-order valence-corrected chi connectivity index (χ1v) is 6.42. The zero-order valence-corrected chi connectivity index (χ0v) is 10.6. The number of esters is 1. The Hall–Kier alpha value is -0.220. The van der Waals surface area contributed by atoms with E-state index in [0.717, 1.165) is 0 Å². The average Bonchev–Trinajstić information content (AvgIpc) is 2.19. The molecule has 4 heteroatoms.